The lowest BCUT2D eigenvalue weighted by molar-refractivity contribution is 0.0692. The van der Waals surface area contributed by atoms with Crippen molar-refractivity contribution in [2.24, 2.45) is 0 Å². The number of carboxylic acids is 1. The molecular weight excluding hydrogens is 283 g/mol. The molecule has 1 N–H and O–H groups in total. The van der Waals surface area contributed by atoms with Crippen LogP contribution in [0, 0.1) is 0 Å². The minimum atomic E-state index is -1.14. The van der Waals surface area contributed by atoms with Crippen LogP contribution in [0.5, 0.6) is 0 Å². The lowest BCUT2D eigenvalue weighted by Gasteiger charge is -2.08. The Bertz CT molecular complexity index is 415. The number of aromatic carboxylic acids is 1. The number of carboxylic acid groups (broad SMARTS) is 1. The average molecular weight is 292 g/mol. The van der Waals surface area contributed by atoms with Crippen LogP contribution in [0.2, 0.25) is 0 Å². The molecular formula is C10H8BrClO3. The largest absolute Gasteiger partial charge is 0.478 e. The number of halogens is 2. The summed E-state index contributed by atoms with van der Waals surface area (Å²) in [5, 5.41) is 8.16. The number of benzene rings is 1. The van der Waals surface area contributed by atoms with E-state index in [1.54, 1.807) is 12.1 Å². The van der Waals surface area contributed by atoms with Gasteiger partial charge in [-0.15, -0.1) is 11.6 Å². The fraction of sp³-hybridized carbons (Fsp3) is 0.200. The summed E-state index contributed by atoms with van der Waals surface area (Å²) >= 11 is 8.79. The summed E-state index contributed by atoms with van der Waals surface area (Å²) in [6.45, 7) is 1.51. The van der Waals surface area contributed by atoms with Crippen LogP contribution in [-0.4, -0.2) is 22.2 Å². The van der Waals surface area contributed by atoms with Gasteiger partial charge in [-0.3, -0.25) is 4.79 Å². The fourth-order valence-electron chi connectivity index (χ4n) is 1.15. The van der Waals surface area contributed by atoms with Gasteiger partial charge in [0.05, 0.1) is 10.9 Å². The molecule has 1 aromatic carbocycles. The fourth-order valence-corrected chi connectivity index (χ4v) is 1.82. The quantitative estimate of drug-likeness (QED) is 0.688. The molecule has 0 saturated heterocycles. The third-order valence-corrected chi connectivity index (χ3v) is 2.71. The normalized spacial score (nSPS) is 12.2. The Balaban J connectivity index is 3.37. The highest BCUT2D eigenvalue weighted by Gasteiger charge is 2.22. The number of carbonyl (C=O) groups excluding carboxylic acids is 1. The first kappa shape index (κ1) is 12.2. The van der Waals surface area contributed by atoms with E-state index in [0.29, 0.717) is 4.47 Å². The molecule has 0 bridgehead atoms. The first-order valence-corrected chi connectivity index (χ1v) is 5.38. The Labute approximate surface area is 100 Å². The average Bonchev–Trinajstić information content (AvgIpc) is 2.16. The van der Waals surface area contributed by atoms with Crippen LogP contribution in [-0.2, 0) is 0 Å². The number of carbonyl (C=O) groups is 2. The summed E-state index contributed by atoms with van der Waals surface area (Å²) in [5.41, 5.74) is 0.0781. The van der Waals surface area contributed by atoms with Crippen molar-refractivity contribution in [2.75, 3.05) is 0 Å². The maximum atomic E-state index is 11.7. The number of hydrogen-bond donors (Lipinski definition) is 1. The van der Waals surface area contributed by atoms with Gasteiger partial charge in [0, 0.05) is 10.0 Å². The summed E-state index contributed by atoms with van der Waals surface area (Å²) in [6, 6.07) is 4.54. The monoisotopic (exact) mass is 290 g/mol. The smallest absolute Gasteiger partial charge is 0.336 e. The highest BCUT2D eigenvalue weighted by atomic mass is 79.9. The van der Waals surface area contributed by atoms with Gasteiger partial charge in [-0.1, -0.05) is 22.0 Å². The lowest BCUT2D eigenvalue weighted by Crippen LogP contribution is -2.16. The maximum absolute atomic E-state index is 11.7. The van der Waals surface area contributed by atoms with E-state index in [9.17, 15) is 9.59 Å². The van der Waals surface area contributed by atoms with Crippen molar-refractivity contribution in [2.45, 2.75) is 12.3 Å². The topological polar surface area (TPSA) is 54.4 Å². The molecule has 1 rings (SSSR count). The standard InChI is InChI=1S/C10H8BrClO3/c1-5(12)9(13)8-6(10(14)15)3-2-4-7(8)11/h2-5H,1H3,(H,14,15). The molecule has 80 valence electrons. The predicted octanol–water partition coefficient (Wildman–Crippen LogP) is 2.96. The first-order valence-electron chi connectivity index (χ1n) is 4.15. The molecule has 0 radical (unpaired) electrons. The van der Waals surface area contributed by atoms with Gasteiger partial charge in [0.15, 0.2) is 5.78 Å². The van der Waals surface area contributed by atoms with E-state index in [1.807, 2.05) is 0 Å². The third-order valence-electron chi connectivity index (χ3n) is 1.85. The molecule has 0 heterocycles. The Morgan fingerprint density at radius 1 is 1.47 bits per heavy atom. The second-order valence-corrected chi connectivity index (χ2v) is 4.46. The van der Waals surface area contributed by atoms with Crippen LogP contribution in [0.15, 0.2) is 22.7 Å². The summed E-state index contributed by atoms with van der Waals surface area (Å²) in [4.78, 5) is 22.6. The molecule has 5 heteroatoms. The summed E-state index contributed by atoms with van der Waals surface area (Å²) in [5.74, 6) is -1.54. The highest BCUT2D eigenvalue weighted by Crippen LogP contribution is 2.23. The number of alkyl halides is 1. The van der Waals surface area contributed by atoms with Gasteiger partial charge in [-0.2, -0.15) is 0 Å². The Morgan fingerprint density at radius 2 is 2.07 bits per heavy atom. The second-order valence-electron chi connectivity index (χ2n) is 2.95. The van der Waals surface area contributed by atoms with Gasteiger partial charge in [0.1, 0.15) is 0 Å². The molecule has 3 nitrogen and oxygen atoms in total. The molecule has 1 atom stereocenters. The van der Waals surface area contributed by atoms with Crippen LogP contribution in [0.1, 0.15) is 27.6 Å². The molecule has 0 amide bonds. The van der Waals surface area contributed by atoms with E-state index in [-0.39, 0.29) is 11.1 Å². The number of hydrogen-bond acceptors (Lipinski definition) is 2. The van der Waals surface area contributed by atoms with E-state index in [4.69, 9.17) is 16.7 Å². The van der Waals surface area contributed by atoms with Gasteiger partial charge in [0.25, 0.3) is 0 Å². The van der Waals surface area contributed by atoms with Crippen LogP contribution in [0.25, 0.3) is 0 Å². The minimum Gasteiger partial charge on any atom is -0.478 e. The van der Waals surface area contributed by atoms with Crippen LogP contribution >= 0.6 is 27.5 Å². The molecule has 0 fully saturated rings. The lowest BCUT2D eigenvalue weighted by atomic mass is 10.0. The number of ketones is 1. The van der Waals surface area contributed by atoms with E-state index < -0.39 is 17.1 Å². The molecule has 0 spiro atoms. The van der Waals surface area contributed by atoms with Crippen LogP contribution in [0.4, 0.5) is 0 Å². The van der Waals surface area contributed by atoms with Crippen molar-refractivity contribution >= 4 is 39.3 Å². The first-order chi connectivity index (χ1) is 6.95. The minimum absolute atomic E-state index is 0.0399. The van der Waals surface area contributed by atoms with Crippen molar-refractivity contribution in [1.29, 1.82) is 0 Å². The maximum Gasteiger partial charge on any atom is 0.336 e. The zero-order valence-corrected chi connectivity index (χ0v) is 10.2. The van der Waals surface area contributed by atoms with Crippen LogP contribution in [0.3, 0.4) is 0 Å². The molecule has 1 aromatic rings. The van der Waals surface area contributed by atoms with Gasteiger partial charge in [-0.25, -0.2) is 4.79 Å². The van der Waals surface area contributed by atoms with Crippen LogP contribution < -0.4 is 0 Å². The third kappa shape index (κ3) is 2.58. The van der Waals surface area contributed by atoms with Crippen molar-refractivity contribution in [3.05, 3.63) is 33.8 Å². The van der Waals surface area contributed by atoms with Crippen molar-refractivity contribution in [3.63, 3.8) is 0 Å². The Morgan fingerprint density at radius 3 is 2.53 bits per heavy atom. The number of rotatable bonds is 3. The van der Waals surface area contributed by atoms with Gasteiger partial charge in [0.2, 0.25) is 0 Å². The summed E-state index contributed by atoms with van der Waals surface area (Å²) in [6.07, 6.45) is 0. The molecule has 0 aliphatic heterocycles. The summed E-state index contributed by atoms with van der Waals surface area (Å²) < 4.78 is 0.444. The number of Topliss-reactive ketones (excluding diaryl/α,β-unsaturated/α-hetero) is 1. The van der Waals surface area contributed by atoms with E-state index in [0.717, 1.165) is 0 Å². The van der Waals surface area contributed by atoms with E-state index in [1.165, 1.54) is 13.0 Å². The molecule has 0 aliphatic rings. The zero-order chi connectivity index (χ0) is 11.6. The molecule has 1 unspecified atom stereocenters. The molecule has 0 aromatic heterocycles. The summed E-state index contributed by atoms with van der Waals surface area (Å²) in [7, 11) is 0. The molecule has 15 heavy (non-hydrogen) atoms. The second kappa shape index (κ2) is 4.77. The van der Waals surface area contributed by atoms with E-state index in [2.05, 4.69) is 15.9 Å². The molecule has 0 saturated carbocycles. The van der Waals surface area contributed by atoms with Gasteiger partial charge < -0.3 is 5.11 Å². The van der Waals surface area contributed by atoms with E-state index >= 15 is 0 Å². The highest BCUT2D eigenvalue weighted by molar-refractivity contribution is 9.10. The van der Waals surface area contributed by atoms with Gasteiger partial charge >= 0.3 is 5.97 Å². The Hall–Kier alpha value is -0.870. The Kier molecular flexibility index (Phi) is 3.88. The zero-order valence-electron chi connectivity index (χ0n) is 7.83. The molecule has 0 aliphatic carbocycles. The van der Waals surface area contributed by atoms with Crippen molar-refractivity contribution in [3.8, 4) is 0 Å². The van der Waals surface area contributed by atoms with Crippen molar-refractivity contribution in [1.82, 2.24) is 0 Å². The predicted molar refractivity (Wildman–Crippen MR) is 60.7 cm³/mol. The van der Waals surface area contributed by atoms with Gasteiger partial charge in [-0.05, 0) is 19.1 Å². The SMILES string of the molecule is CC(Cl)C(=O)c1c(Br)cccc1C(=O)O. The van der Waals surface area contributed by atoms with Crippen molar-refractivity contribution < 1.29 is 14.7 Å².